The van der Waals surface area contributed by atoms with Gasteiger partial charge in [0.15, 0.2) is 0 Å². The van der Waals surface area contributed by atoms with E-state index in [1.54, 1.807) is 6.29 Å². The van der Waals surface area contributed by atoms with Crippen LogP contribution in [0.25, 0.3) is 0 Å². The fourth-order valence-corrected chi connectivity index (χ4v) is 1.38. The smallest absolute Gasteiger partial charge is 0.201 e. The summed E-state index contributed by atoms with van der Waals surface area (Å²) >= 11 is 0. The van der Waals surface area contributed by atoms with Gasteiger partial charge in [0, 0.05) is 6.42 Å². The van der Waals surface area contributed by atoms with Crippen molar-refractivity contribution in [3.63, 3.8) is 0 Å². The third kappa shape index (κ3) is 4.19. The topological polar surface area (TPSA) is 37.3 Å². The molecule has 1 radical (unpaired) electrons. The first kappa shape index (κ1) is 10.9. The molecule has 0 amide bonds. The summed E-state index contributed by atoms with van der Waals surface area (Å²) in [4.78, 5) is 9.96. The second kappa shape index (κ2) is 6.33. The van der Waals surface area contributed by atoms with Gasteiger partial charge in [0.05, 0.1) is 6.10 Å². The van der Waals surface area contributed by atoms with Crippen LogP contribution in [0.4, 0.5) is 0 Å². The SMILES string of the molecule is O=[C]CC(O)CCCc1ccccc1. The highest BCUT2D eigenvalue weighted by molar-refractivity contribution is 5.51. The van der Waals surface area contributed by atoms with Crippen LogP contribution in [-0.2, 0) is 11.2 Å². The van der Waals surface area contributed by atoms with Gasteiger partial charge in [-0.25, -0.2) is 0 Å². The van der Waals surface area contributed by atoms with Crippen molar-refractivity contribution in [1.29, 1.82) is 0 Å². The number of aliphatic hydroxyl groups is 1. The minimum Gasteiger partial charge on any atom is -0.393 e. The Morgan fingerprint density at radius 2 is 2.00 bits per heavy atom. The number of aryl methyl sites for hydroxylation is 1. The maximum atomic E-state index is 9.96. The van der Waals surface area contributed by atoms with Crippen LogP contribution in [-0.4, -0.2) is 17.5 Å². The maximum Gasteiger partial charge on any atom is 0.201 e. The van der Waals surface area contributed by atoms with Gasteiger partial charge in [-0.3, -0.25) is 4.79 Å². The van der Waals surface area contributed by atoms with E-state index in [1.165, 1.54) is 5.56 Å². The molecule has 0 aliphatic rings. The van der Waals surface area contributed by atoms with Crippen molar-refractivity contribution < 1.29 is 9.90 Å². The molecule has 0 saturated carbocycles. The van der Waals surface area contributed by atoms with E-state index >= 15 is 0 Å². The van der Waals surface area contributed by atoms with E-state index in [0.29, 0.717) is 6.42 Å². The number of aliphatic hydroxyl groups excluding tert-OH is 1. The Morgan fingerprint density at radius 3 is 2.64 bits per heavy atom. The van der Waals surface area contributed by atoms with Crippen LogP contribution in [0.15, 0.2) is 30.3 Å². The van der Waals surface area contributed by atoms with Crippen LogP contribution >= 0.6 is 0 Å². The average Bonchev–Trinajstić information content (AvgIpc) is 2.20. The van der Waals surface area contributed by atoms with Crippen LogP contribution in [0, 0.1) is 0 Å². The van der Waals surface area contributed by atoms with Crippen molar-refractivity contribution in [3.8, 4) is 0 Å². The summed E-state index contributed by atoms with van der Waals surface area (Å²) in [5.74, 6) is 0. The molecule has 0 spiro atoms. The van der Waals surface area contributed by atoms with Gasteiger partial charge in [0.2, 0.25) is 6.29 Å². The van der Waals surface area contributed by atoms with Gasteiger partial charge < -0.3 is 5.11 Å². The zero-order valence-corrected chi connectivity index (χ0v) is 8.15. The first-order valence-corrected chi connectivity index (χ1v) is 4.90. The van der Waals surface area contributed by atoms with Gasteiger partial charge in [0.1, 0.15) is 0 Å². The molecule has 75 valence electrons. The number of carbonyl (C=O) groups excluding carboxylic acids is 1. The Bertz CT molecular complexity index is 256. The third-order valence-electron chi connectivity index (χ3n) is 2.16. The molecule has 1 aromatic rings. The Balaban J connectivity index is 2.18. The zero-order chi connectivity index (χ0) is 10.2. The Labute approximate surface area is 84.6 Å². The standard InChI is InChI=1S/C12H15O2/c13-10-9-12(14)8-4-7-11-5-2-1-3-6-11/h1-3,5-6,12,14H,4,7-9H2. The van der Waals surface area contributed by atoms with E-state index in [2.05, 4.69) is 12.1 Å². The molecule has 14 heavy (non-hydrogen) atoms. The van der Waals surface area contributed by atoms with E-state index < -0.39 is 6.10 Å². The highest BCUT2D eigenvalue weighted by Crippen LogP contribution is 2.07. The van der Waals surface area contributed by atoms with Gasteiger partial charge in [-0.1, -0.05) is 30.3 Å². The Kier molecular flexibility index (Phi) is 4.94. The summed E-state index contributed by atoms with van der Waals surface area (Å²) < 4.78 is 0. The molecule has 2 nitrogen and oxygen atoms in total. The van der Waals surface area contributed by atoms with E-state index in [9.17, 15) is 9.90 Å². The van der Waals surface area contributed by atoms with E-state index in [4.69, 9.17) is 0 Å². The molecule has 0 bridgehead atoms. The molecule has 0 aliphatic heterocycles. The van der Waals surface area contributed by atoms with Crippen LogP contribution < -0.4 is 0 Å². The molecule has 0 fully saturated rings. The number of benzene rings is 1. The molecular weight excluding hydrogens is 176 g/mol. The number of hydrogen-bond acceptors (Lipinski definition) is 2. The molecule has 1 unspecified atom stereocenters. The van der Waals surface area contributed by atoms with Crippen LogP contribution in [0.2, 0.25) is 0 Å². The fourth-order valence-electron chi connectivity index (χ4n) is 1.38. The second-order valence-corrected chi connectivity index (χ2v) is 3.38. The van der Waals surface area contributed by atoms with Crippen molar-refractivity contribution in [2.45, 2.75) is 31.8 Å². The van der Waals surface area contributed by atoms with E-state index in [1.807, 2.05) is 18.2 Å². The molecule has 0 aliphatic carbocycles. The fraction of sp³-hybridized carbons (Fsp3) is 0.417. The quantitative estimate of drug-likeness (QED) is 0.745. The molecule has 0 saturated heterocycles. The van der Waals surface area contributed by atoms with Gasteiger partial charge in [0.25, 0.3) is 0 Å². The average molecular weight is 191 g/mol. The lowest BCUT2D eigenvalue weighted by Gasteiger charge is -2.05. The summed E-state index contributed by atoms with van der Waals surface area (Å²) in [5, 5.41) is 9.26. The minimum atomic E-state index is -0.517. The summed E-state index contributed by atoms with van der Waals surface area (Å²) in [5.41, 5.74) is 1.27. The highest BCUT2D eigenvalue weighted by Gasteiger charge is 2.02. The lowest BCUT2D eigenvalue weighted by Crippen LogP contribution is -2.06. The first-order valence-electron chi connectivity index (χ1n) is 4.90. The predicted octanol–water partition coefficient (Wildman–Crippen LogP) is 1.87. The molecule has 1 rings (SSSR count). The molecule has 1 N–H and O–H groups in total. The molecule has 0 aromatic heterocycles. The summed E-state index contributed by atoms with van der Waals surface area (Å²) in [6, 6.07) is 10.1. The van der Waals surface area contributed by atoms with Crippen LogP contribution in [0.1, 0.15) is 24.8 Å². The first-order chi connectivity index (χ1) is 6.83. The second-order valence-electron chi connectivity index (χ2n) is 3.38. The highest BCUT2D eigenvalue weighted by atomic mass is 16.3. The van der Waals surface area contributed by atoms with Crippen molar-refractivity contribution in [1.82, 2.24) is 0 Å². The van der Waals surface area contributed by atoms with E-state index in [-0.39, 0.29) is 6.42 Å². The molecule has 1 atom stereocenters. The molecular formula is C12H15O2. The monoisotopic (exact) mass is 191 g/mol. The van der Waals surface area contributed by atoms with Crippen LogP contribution in [0.3, 0.4) is 0 Å². The van der Waals surface area contributed by atoms with Crippen molar-refractivity contribution in [3.05, 3.63) is 35.9 Å². The predicted molar refractivity (Wildman–Crippen MR) is 55.7 cm³/mol. The van der Waals surface area contributed by atoms with E-state index in [0.717, 1.165) is 12.8 Å². The maximum absolute atomic E-state index is 9.96. The third-order valence-corrected chi connectivity index (χ3v) is 2.16. The lowest BCUT2D eigenvalue weighted by atomic mass is 10.1. The lowest BCUT2D eigenvalue weighted by molar-refractivity contribution is 0.168. The van der Waals surface area contributed by atoms with Gasteiger partial charge in [-0.05, 0) is 24.8 Å². The number of rotatable bonds is 6. The minimum absolute atomic E-state index is 0.134. The molecule has 0 heterocycles. The van der Waals surface area contributed by atoms with Gasteiger partial charge >= 0.3 is 0 Å². The number of hydrogen-bond donors (Lipinski definition) is 1. The Hall–Kier alpha value is -1.15. The van der Waals surface area contributed by atoms with Gasteiger partial charge in [-0.15, -0.1) is 0 Å². The summed E-state index contributed by atoms with van der Waals surface area (Å²) in [6.45, 7) is 0. The van der Waals surface area contributed by atoms with Gasteiger partial charge in [-0.2, -0.15) is 0 Å². The summed E-state index contributed by atoms with van der Waals surface area (Å²) in [6.07, 6.45) is 3.87. The van der Waals surface area contributed by atoms with Crippen LogP contribution in [0.5, 0.6) is 0 Å². The van der Waals surface area contributed by atoms with Crippen molar-refractivity contribution in [2.75, 3.05) is 0 Å². The Morgan fingerprint density at radius 1 is 1.29 bits per heavy atom. The molecule has 1 aromatic carbocycles. The van der Waals surface area contributed by atoms with Crippen molar-refractivity contribution >= 4 is 6.29 Å². The normalized spacial score (nSPS) is 12.4. The summed E-state index contributed by atoms with van der Waals surface area (Å²) in [7, 11) is 0. The van der Waals surface area contributed by atoms with Crippen molar-refractivity contribution in [2.24, 2.45) is 0 Å². The molecule has 2 heteroatoms. The zero-order valence-electron chi connectivity index (χ0n) is 8.15. The largest absolute Gasteiger partial charge is 0.393 e.